The number of fused-ring (bicyclic) bond motifs is 3. The predicted molar refractivity (Wildman–Crippen MR) is 109 cm³/mol. The maximum absolute atomic E-state index is 12.7. The van der Waals surface area contributed by atoms with E-state index in [4.69, 9.17) is 27.9 Å². The van der Waals surface area contributed by atoms with Crippen molar-refractivity contribution in [3.05, 3.63) is 39.4 Å². The van der Waals surface area contributed by atoms with Crippen LogP contribution in [0.5, 0.6) is 0 Å². The number of benzene rings is 1. The highest BCUT2D eigenvalue weighted by Gasteiger charge is 2.56. The van der Waals surface area contributed by atoms with Gasteiger partial charge in [0.1, 0.15) is 6.10 Å². The van der Waals surface area contributed by atoms with E-state index in [9.17, 15) is 9.90 Å². The van der Waals surface area contributed by atoms with Gasteiger partial charge in [0.05, 0.1) is 21.6 Å². The molecule has 1 saturated carbocycles. The summed E-state index contributed by atoms with van der Waals surface area (Å²) >= 11 is 14.1. The molecule has 3 nitrogen and oxygen atoms in total. The highest BCUT2D eigenvalue weighted by atomic mass is 35.5. The molecule has 0 bridgehead atoms. The molecule has 146 valence electrons. The number of rotatable bonds is 3. The monoisotopic (exact) mass is 426 g/mol. The van der Waals surface area contributed by atoms with Crippen LogP contribution < -0.4 is 0 Å². The zero-order chi connectivity index (χ0) is 19.3. The molecule has 5 atom stereocenters. The Bertz CT molecular complexity index is 784. The zero-order valence-corrected chi connectivity index (χ0v) is 17.8. The number of carbonyl (C=O) groups excluding carboxylic acids is 1. The van der Waals surface area contributed by atoms with E-state index in [-0.39, 0.29) is 29.8 Å². The van der Waals surface area contributed by atoms with Gasteiger partial charge >= 0.3 is 5.97 Å². The summed E-state index contributed by atoms with van der Waals surface area (Å²) in [6.07, 6.45) is 3.29. The first-order valence-electron chi connectivity index (χ1n) is 9.48. The molecule has 27 heavy (non-hydrogen) atoms. The summed E-state index contributed by atoms with van der Waals surface area (Å²) in [4.78, 5) is 13.5. The van der Waals surface area contributed by atoms with Crippen molar-refractivity contribution in [3.8, 4) is 0 Å². The minimum absolute atomic E-state index is 0.0761. The standard InChI is InChI=1S/C21H24Cl2O3S/c1-11-6-7-13-14(10-27-19-15(22)4-3-5-16(19)23)20(24)26-18(13)17-12(11)8-9-21(17,2)25/h3-5,13-14,17-18,25H,6-10H2,1-2H3/t13-,14-,17-,18-,21+/m0/s1. The van der Waals surface area contributed by atoms with Gasteiger partial charge in [-0.05, 0) is 51.7 Å². The quantitative estimate of drug-likeness (QED) is 0.392. The minimum Gasteiger partial charge on any atom is -0.461 e. The smallest absolute Gasteiger partial charge is 0.310 e. The van der Waals surface area contributed by atoms with Crippen LogP contribution in [0.3, 0.4) is 0 Å². The van der Waals surface area contributed by atoms with Gasteiger partial charge in [-0.2, -0.15) is 0 Å². The van der Waals surface area contributed by atoms with Crippen molar-refractivity contribution < 1.29 is 14.6 Å². The Hall–Kier alpha value is -0.680. The predicted octanol–water partition coefficient (Wildman–Crippen LogP) is 5.51. The molecule has 0 radical (unpaired) electrons. The van der Waals surface area contributed by atoms with Crippen LogP contribution >= 0.6 is 35.0 Å². The van der Waals surface area contributed by atoms with Gasteiger partial charge in [0.15, 0.2) is 0 Å². The number of thioether (sulfide) groups is 1. The molecule has 1 aromatic rings. The molecule has 0 unspecified atom stereocenters. The van der Waals surface area contributed by atoms with Crippen LogP contribution in [0.1, 0.15) is 39.5 Å². The fraction of sp³-hybridized carbons (Fsp3) is 0.571. The number of esters is 1. The van der Waals surface area contributed by atoms with Crippen molar-refractivity contribution in [1.82, 2.24) is 0 Å². The van der Waals surface area contributed by atoms with Crippen molar-refractivity contribution in [1.29, 1.82) is 0 Å². The Labute approximate surface area is 174 Å². The molecule has 1 N–H and O–H groups in total. The lowest BCUT2D eigenvalue weighted by atomic mass is 9.78. The number of ether oxygens (including phenoxy) is 1. The molecule has 1 aliphatic heterocycles. The second-order valence-corrected chi connectivity index (χ2v) is 10.1. The first-order valence-corrected chi connectivity index (χ1v) is 11.2. The maximum atomic E-state index is 12.7. The van der Waals surface area contributed by atoms with Crippen LogP contribution in [0.4, 0.5) is 0 Å². The van der Waals surface area contributed by atoms with Crippen LogP contribution in [0.25, 0.3) is 0 Å². The summed E-state index contributed by atoms with van der Waals surface area (Å²) in [5, 5.41) is 12.2. The second kappa shape index (κ2) is 7.29. The normalized spacial score (nSPS) is 35.7. The Balaban J connectivity index is 1.58. The van der Waals surface area contributed by atoms with E-state index in [1.807, 2.05) is 25.1 Å². The second-order valence-electron chi connectivity index (χ2n) is 8.21. The Morgan fingerprint density at radius 1 is 1.30 bits per heavy atom. The maximum Gasteiger partial charge on any atom is 0.310 e. The topological polar surface area (TPSA) is 46.5 Å². The number of hydrogen-bond donors (Lipinski definition) is 1. The van der Waals surface area contributed by atoms with Crippen LogP contribution in [-0.4, -0.2) is 28.5 Å². The average Bonchev–Trinajstić information content (AvgIpc) is 3.03. The zero-order valence-electron chi connectivity index (χ0n) is 15.5. The third kappa shape index (κ3) is 3.43. The largest absolute Gasteiger partial charge is 0.461 e. The molecule has 0 spiro atoms. The molecule has 1 aromatic carbocycles. The Morgan fingerprint density at radius 2 is 2.00 bits per heavy atom. The molecular formula is C21H24Cl2O3S. The lowest BCUT2D eigenvalue weighted by Gasteiger charge is -2.32. The van der Waals surface area contributed by atoms with E-state index in [2.05, 4.69) is 6.92 Å². The van der Waals surface area contributed by atoms with Crippen molar-refractivity contribution in [2.75, 3.05) is 5.75 Å². The molecule has 2 fully saturated rings. The fourth-order valence-electron chi connectivity index (χ4n) is 5.03. The van der Waals surface area contributed by atoms with E-state index < -0.39 is 5.60 Å². The number of allylic oxidation sites excluding steroid dienone is 1. The lowest BCUT2D eigenvalue weighted by molar-refractivity contribution is -0.147. The molecule has 4 rings (SSSR count). The van der Waals surface area contributed by atoms with E-state index >= 15 is 0 Å². The minimum atomic E-state index is -0.807. The highest BCUT2D eigenvalue weighted by Crippen LogP contribution is 2.53. The van der Waals surface area contributed by atoms with E-state index in [0.717, 1.165) is 30.6 Å². The van der Waals surface area contributed by atoms with Crippen LogP contribution in [0.15, 0.2) is 34.2 Å². The summed E-state index contributed by atoms with van der Waals surface area (Å²) in [6, 6.07) is 5.44. The van der Waals surface area contributed by atoms with Gasteiger partial charge in [-0.1, -0.05) is 40.4 Å². The Morgan fingerprint density at radius 3 is 2.70 bits per heavy atom. The van der Waals surface area contributed by atoms with Gasteiger partial charge in [-0.15, -0.1) is 11.8 Å². The van der Waals surface area contributed by atoms with Gasteiger partial charge < -0.3 is 9.84 Å². The van der Waals surface area contributed by atoms with Crippen LogP contribution in [0, 0.1) is 17.8 Å². The van der Waals surface area contributed by atoms with Gasteiger partial charge in [-0.3, -0.25) is 4.79 Å². The number of halogens is 2. The average molecular weight is 427 g/mol. The van der Waals surface area contributed by atoms with Crippen molar-refractivity contribution in [2.24, 2.45) is 17.8 Å². The summed E-state index contributed by atoms with van der Waals surface area (Å²) < 4.78 is 5.89. The number of carbonyl (C=O) groups is 1. The van der Waals surface area contributed by atoms with Crippen molar-refractivity contribution in [3.63, 3.8) is 0 Å². The third-order valence-corrected chi connectivity index (χ3v) is 8.60. The fourth-order valence-corrected chi connectivity index (χ4v) is 6.89. The van der Waals surface area contributed by atoms with Crippen LogP contribution in [-0.2, 0) is 9.53 Å². The van der Waals surface area contributed by atoms with Gasteiger partial charge in [0, 0.05) is 22.5 Å². The molecule has 1 saturated heterocycles. The Kier molecular flexibility index (Phi) is 5.30. The first-order chi connectivity index (χ1) is 12.8. The van der Waals surface area contributed by atoms with E-state index in [1.165, 1.54) is 22.9 Å². The lowest BCUT2D eigenvalue weighted by Crippen LogP contribution is -2.41. The van der Waals surface area contributed by atoms with Crippen molar-refractivity contribution >= 4 is 40.9 Å². The van der Waals surface area contributed by atoms with Crippen LogP contribution in [0.2, 0.25) is 10.0 Å². The summed E-state index contributed by atoms with van der Waals surface area (Å²) in [7, 11) is 0. The SMILES string of the molecule is CC1=C2CC[C@@](C)(O)[C@@H]2[C@H]2OC(=O)[C@@H](CSc3c(Cl)cccc3Cl)[C@@H]2CC1. The molecular weight excluding hydrogens is 403 g/mol. The van der Waals surface area contributed by atoms with E-state index in [1.54, 1.807) is 0 Å². The number of hydrogen-bond acceptors (Lipinski definition) is 4. The molecule has 1 heterocycles. The first kappa shape index (κ1) is 19.6. The molecule has 0 aromatic heterocycles. The molecule has 3 aliphatic rings. The van der Waals surface area contributed by atoms with E-state index in [0.29, 0.717) is 15.8 Å². The van der Waals surface area contributed by atoms with Gasteiger partial charge in [-0.25, -0.2) is 0 Å². The third-order valence-electron chi connectivity index (χ3n) is 6.50. The van der Waals surface area contributed by atoms with Gasteiger partial charge in [0.25, 0.3) is 0 Å². The highest BCUT2D eigenvalue weighted by molar-refractivity contribution is 7.99. The summed E-state index contributed by atoms with van der Waals surface area (Å²) in [6.45, 7) is 4.06. The molecule has 0 amide bonds. The molecule has 2 aliphatic carbocycles. The summed E-state index contributed by atoms with van der Waals surface area (Å²) in [5.41, 5.74) is 1.87. The molecule has 6 heteroatoms. The summed E-state index contributed by atoms with van der Waals surface area (Å²) in [5.74, 6) is 0.284. The number of aliphatic hydroxyl groups is 1. The van der Waals surface area contributed by atoms with Crippen molar-refractivity contribution in [2.45, 2.75) is 56.1 Å². The van der Waals surface area contributed by atoms with Gasteiger partial charge in [0.2, 0.25) is 0 Å².